The largest absolute Gasteiger partial charge is 0.442 e. The average molecular weight is 429 g/mol. The molecule has 1 amide bonds. The fourth-order valence-corrected chi connectivity index (χ4v) is 4.37. The molecule has 0 aliphatic heterocycles. The number of amides is 1. The van der Waals surface area contributed by atoms with Gasteiger partial charge >= 0.3 is 5.97 Å². The molecule has 2 aromatic rings. The van der Waals surface area contributed by atoms with Crippen LogP contribution < -0.4 is 4.74 Å². The fraction of sp³-hybridized carbons (Fsp3) is 0.542. The highest BCUT2D eigenvalue weighted by Gasteiger charge is 2.32. The second-order valence-corrected chi connectivity index (χ2v) is 8.08. The quantitative estimate of drug-likeness (QED) is 0.581. The van der Waals surface area contributed by atoms with Gasteiger partial charge < -0.3 is 19.2 Å². The first-order valence-electron chi connectivity index (χ1n) is 11.2. The molecule has 31 heavy (non-hydrogen) atoms. The molecule has 2 unspecified atom stereocenters. The predicted molar refractivity (Wildman–Crippen MR) is 115 cm³/mol. The lowest BCUT2D eigenvalue weighted by atomic mass is 9.90. The van der Waals surface area contributed by atoms with Crippen molar-refractivity contribution >= 4 is 11.9 Å². The van der Waals surface area contributed by atoms with Gasteiger partial charge in [-0.3, -0.25) is 9.59 Å². The van der Waals surface area contributed by atoms with E-state index < -0.39 is 12.1 Å². The van der Waals surface area contributed by atoms with Gasteiger partial charge in [-0.2, -0.15) is 4.98 Å². The van der Waals surface area contributed by atoms with Crippen molar-refractivity contribution in [2.45, 2.75) is 83.4 Å². The monoisotopic (exact) mass is 428 g/mol. The number of hydrogen-bond acceptors (Lipinski definition) is 6. The number of aliphatic hydroxyl groups excluding tert-OH is 1. The second-order valence-electron chi connectivity index (χ2n) is 8.08. The van der Waals surface area contributed by atoms with Crippen LogP contribution in [0.25, 0.3) is 0 Å². The van der Waals surface area contributed by atoms with Gasteiger partial charge in [0.25, 0.3) is 5.88 Å². The molecule has 1 saturated carbocycles. The molecule has 7 nitrogen and oxygen atoms in total. The zero-order valence-corrected chi connectivity index (χ0v) is 18.3. The number of carbonyl (C=O) groups is 2. The van der Waals surface area contributed by atoms with Crippen molar-refractivity contribution < 1.29 is 23.8 Å². The Bertz CT molecular complexity index is 845. The Morgan fingerprint density at radius 3 is 2.55 bits per heavy atom. The van der Waals surface area contributed by atoms with Gasteiger partial charge in [-0.05, 0) is 31.2 Å². The molecule has 0 spiro atoms. The summed E-state index contributed by atoms with van der Waals surface area (Å²) in [5.74, 6) is -0.219. The Hall–Kier alpha value is -2.67. The van der Waals surface area contributed by atoms with Crippen LogP contribution in [0.5, 0.6) is 5.88 Å². The summed E-state index contributed by atoms with van der Waals surface area (Å²) in [7, 11) is 0. The van der Waals surface area contributed by atoms with Crippen molar-refractivity contribution in [3.8, 4) is 5.88 Å². The Morgan fingerprint density at radius 1 is 1.19 bits per heavy atom. The average Bonchev–Trinajstić information content (AvgIpc) is 3.25. The Morgan fingerprint density at radius 2 is 1.90 bits per heavy atom. The maximum Gasteiger partial charge on any atom is 0.309 e. The van der Waals surface area contributed by atoms with Crippen molar-refractivity contribution in [1.29, 1.82) is 0 Å². The van der Waals surface area contributed by atoms with Gasteiger partial charge in [0.1, 0.15) is 6.10 Å². The third-order valence-electron chi connectivity index (χ3n) is 5.83. The Balaban J connectivity index is 1.79. The van der Waals surface area contributed by atoms with E-state index in [1.165, 1.54) is 19.6 Å². The normalized spacial score (nSPS) is 16.5. The molecule has 1 aromatic heterocycles. The summed E-state index contributed by atoms with van der Waals surface area (Å²) < 4.78 is 10.2. The van der Waals surface area contributed by atoms with Crippen LogP contribution in [0.15, 0.2) is 41.0 Å². The lowest BCUT2D eigenvalue weighted by molar-refractivity contribution is -0.137. The highest BCUT2D eigenvalue weighted by molar-refractivity contribution is 5.76. The first-order chi connectivity index (χ1) is 15.0. The lowest BCUT2D eigenvalue weighted by Crippen LogP contribution is -2.43. The minimum atomic E-state index is -0.958. The molecular weight excluding hydrogens is 396 g/mol. The maximum atomic E-state index is 13.0. The van der Waals surface area contributed by atoms with E-state index in [0.717, 1.165) is 31.2 Å². The number of oxazole rings is 1. The topological polar surface area (TPSA) is 92.9 Å². The minimum absolute atomic E-state index is 0.0335. The smallest absolute Gasteiger partial charge is 0.309 e. The van der Waals surface area contributed by atoms with Gasteiger partial charge in [0.15, 0.2) is 6.26 Å². The number of hydrogen-bond donors (Lipinski definition) is 1. The zero-order valence-electron chi connectivity index (χ0n) is 18.3. The molecule has 7 heteroatoms. The number of rotatable bonds is 9. The molecule has 1 aliphatic rings. The highest BCUT2D eigenvalue weighted by atomic mass is 16.5. The number of benzene rings is 1. The first kappa shape index (κ1) is 23.0. The fourth-order valence-electron chi connectivity index (χ4n) is 4.37. The number of carbonyl (C=O) groups excluding carboxylic acids is 2. The van der Waals surface area contributed by atoms with Crippen LogP contribution >= 0.6 is 0 Å². The zero-order chi connectivity index (χ0) is 22.2. The summed E-state index contributed by atoms with van der Waals surface area (Å²) in [4.78, 5) is 30.2. The van der Waals surface area contributed by atoms with E-state index in [0.29, 0.717) is 19.3 Å². The molecule has 1 N–H and O–H groups in total. The molecular formula is C24H32N2O5. The maximum absolute atomic E-state index is 13.0. The first-order valence-corrected chi connectivity index (χ1v) is 11.2. The van der Waals surface area contributed by atoms with Crippen LogP contribution in [0.2, 0.25) is 0 Å². The van der Waals surface area contributed by atoms with Crippen molar-refractivity contribution in [3.63, 3.8) is 0 Å². The lowest BCUT2D eigenvalue weighted by Gasteiger charge is -2.40. The van der Waals surface area contributed by atoms with Crippen LogP contribution in [0.1, 0.15) is 88.8 Å². The molecule has 3 rings (SSSR count). The van der Waals surface area contributed by atoms with Crippen LogP contribution in [0.3, 0.4) is 0 Å². The van der Waals surface area contributed by atoms with E-state index >= 15 is 0 Å². The molecule has 1 aromatic carbocycles. The molecule has 1 heterocycles. The summed E-state index contributed by atoms with van der Waals surface area (Å²) >= 11 is 0. The van der Waals surface area contributed by atoms with E-state index in [4.69, 9.17) is 9.15 Å². The third-order valence-corrected chi connectivity index (χ3v) is 5.83. The van der Waals surface area contributed by atoms with Crippen LogP contribution in [-0.4, -0.2) is 32.9 Å². The molecule has 2 atom stereocenters. The second kappa shape index (κ2) is 11.1. The van der Waals surface area contributed by atoms with Crippen LogP contribution in [0.4, 0.5) is 0 Å². The van der Waals surface area contributed by atoms with Gasteiger partial charge in [-0.15, -0.1) is 0 Å². The minimum Gasteiger partial charge on any atom is -0.442 e. The van der Waals surface area contributed by atoms with E-state index in [9.17, 15) is 14.7 Å². The standard InChI is InChI=1S/C24H32N2O5/c1-3-23(29)26(19-12-8-5-9-13-19)20(18-10-6-4-7-11-18)14-15-21(28)24-25-22(16-30-24)31-17(2)27/h4,6-7,10-11,16,19-21,28H,3,5,8-9,12-15H2,1-2H3. The van der Waals surface area contributed by atoms with Crippen LogP contribution in [-0.2, 0) is 9.59 Å². The van der Waals surface area contributed by atoms with Crippen LogP contribution in [0, 0.1) is 0 Å². The number of nitrogens with zero attached hydrogens (tertiary/aromatic N) is 2. The van der Waals surface area contributed by atoms with Gasteiger partial charge in [0, 0.05) is 19.4 Å². The molecule has 1 aliphatic carbocycles. The molecule has 0 bridgehead atoms. The molecule has 0 radical (unpaired) electrons. The van der Waals surface area contributed by atoms with Gasteiger partial charge in [-0.25, -0.2) is 0 Å². The summed E-state index contributed by atoms with van der Waals surface area (Å²) in [6, 6.07) is 10.1. The summed E-state index contributed by atoms with van der Waals surface area (Å²) in [6.07, 6.45) is 7.16. The van der Waals surface area contributed by atoms with Crippen molar-refractivity contribution in [2.24, 2.45) is 0 Å². The van der Waals surface area contributed by atoms with E-state index in [1.807, 2.05) is 37.3 Å². The van der Waals surface area contributed by atoms with Gasteiger partial charge in [0.05, 0.1) is 6.04 Å². The van der Waals surface area contributed by atoms with Gasteiger partial charge in [-0.1, -0.05) is 56.5 Å². The summed E-state index contributed by atoms with van der Waals surface area (Å²) in [5, 5.41) is 10.7. The number of esters is 1. The van der Waals surface area contributed by atoms with E-state index in [1.54, 1.807) is 0 Å². The Labute approximate surface area is 183 Å². The molecule has 168 valence electrons. The summed E-state index contributed by atoms with van der Waals surface area (Å²) in [6.45, 7) is 3.18. The van der Waals surface area contributed by atoms with E-state index in [-0.39, 0.29) is 29.8 Å². The molecule has 0 saturated heterocycles. The SMILES string of the molecule is CCC(=O)N(C1CCCCC1)C(CCC(O)c1nc(OC(C)=O)co1)c1ccccc1. The number of aromatic nitrogens is 1. The third kappa shape index (κ3) is 6.17. The van der Waals surface area contributed by atoms with Crippen molar-refractivity contribution in [3.05, 3.63) is 48.0 Å². The number of aliphatic hydroxyl groups is 1. The number of ether oxygens (including phenoxy) is 1. The van der Waals surface area contributed by atoms with Crippen molar-refractivity contribution in [1.82, 2.24) is 9.88 Å². The van der Waals surface area contributed by atoms with Crippen molar-refractivity contribution in [2.75, 3.05) is 0 Å². The highest BCUT2D eigenvalue weighted by Crippen LogP contribution is 2.35. The van der Waals surface area contributed by atoms with Gasteiger partial charge in [0.2, 0.25) is 11.8 Å². The predicted octanol–water partition coefficient (Wildman–Crippen LogP) is 4.73. The molecule has 1 fully saturated rings. The van der Waals surface area contributed by atoms with E-state index in [2.05, 4.69) is 9.88 Å². The summed E-state index contributed by atoms with van der Waals surface area (Å²) in [5.41, 5.74) is 1.06. The Kier molecular flexibility index (Phi) is 8.23.